The number of thioether (sulfide) groups is 1. The highest BCUT2D eigenvalue weighted by atomic mass is 79.9. The van der Waals surface area contributed by atoms with Crippen molar-refractivity contribution in [2.24, 2.45) is 7.05 Å². The minimum atomic E-state index is -0.101. The lowest BCUT2D eigenvalue weighted by atomic mass is 10.2. The van der Waals surface area contributed by atoms with E-state index in [0.717, 1.165) is 15.7 Å². The molecule has 0 aliphatic rings. The number of carbonyl (C=O) groups is 1. The van der Waals surface area contributed by atoms with Crippen LogP contribution < -0.4 is 5.32 Å². The van der Waals surface area contributed by atoms with Crippen LogP contribution in [0.15, 0.2) is 58.2 Å². The first kappa shape index (κ1) is 18.0. The van der Waals surface area contributed by atoms with Crippen molar-refractivity contribution in [1.29, 1.82) is 0 Å². The van der Waals surface area contributed by atoms with Crippen molar-refractivity contribution in [3.8, 4) is 11.4 Å². The van der Waals surface area contributed by atoms with Crippen molar-refractivity contribution in [3.63, 3.8) is 0 Å². The molecule has 128 valence electrons. The van der Waals surface area contributed by atoms with Crippen molar-refractivity contribution >= 4 is 50.9 Å². The third-order valence-electron chi connectivity index (χ3n) is 3.36. The van der Waals surface area contributed by atoms with Gasteiger partial charge in [-0.3, -0.25) is 4.79 Å². The van der Waals surface area contributed by atoms with Crippen molar-refractivity contribution in [2.75, 3.05) is 11.1 Å². The van der Waals surface area contributed by atoms with E-state index in [4.69, 9.17) is 11.6 Å². The Kier molecular flexibility index (Phi) is 5.78. The molecule has 0 radical (unpaired) electrons. The van der Waals surface area contributed by atoms with Gasteiger partial charge in [0.2, 0.25) is 5.91 Å². The summed E-state index contributed by atoms with van der Waals surface area (Å²) in [4.78, 5) is 12.1. The van der Waals surface area contributed by atoms with Crippen LogP contribution in [0.3, 0.4) is 0 Å². The lowest BCUT2D eigenvalue weighted by Crippen LogP contribution is -2.14. The fraction of sp³-hybridized carbons (Fsp3) is 0.118. The van der Waals surface area contributed by atoms with Gasteiger partial charge in [0, 0.05) is 27.8 Å². The summed E-state index contributed by atoms with van der Waals surface area (Å²) in [6.45, 7) is 0. The van der Waals surface area contributed by atoms with Crippen LogP contribution in [0.4, 0.5) is 5.69 Å². The number of benzene rings is 2. The molecule has 0 spiro atoms. The predicted octanol–water partition coefficient (Wildman–Crippen LogP) is 4.63. The summed E-state index contributed by atoms with van der Waals surface area (Å²) in [5.74, 6) is 0.849. The average molecular weight is 438 g/mol. The smallest absolute Gasteiger partial charge is 0.234 e. The van der Waals surface area contributed by atoms with E-state index in [1.165, 1.54) is 11.8 Å². The number of aromatic nitrogens is 3. The molecule has 8 heteroatoms. The van der Waals surface area contributed by atoms with Gasteiger partial charge >= 0.3 is 0 Å². The second-order valence-electron chi connectivity index (χ2n) is 5.22. The fourth-order valence-corrected chi connectivity index (χ4v) is 3.51. The number of hydrogen-bond donors (Lipinski definition) is 1. The summed E-state index contributed by atoms with van der Waals surface area (Å²) in [5, 5.41) is 12.5. The molecule has 0 unspecified atom stereocenters. The zero-order valence-electron chi connectivity index (χ0n) is 13.2. The van der Waals surface area contributed by atoms with Gasteiger partial charge in [-0.2, -0.15) is 0 Å². The molecule has 0 fully saturated rings. The molecule has 0 aliphatic heterocycles. The Morgan fingerprint density at radius 3 is 2.80 bits per heavy atom. The van der Waals surface area contributed by atoms with Crippen LogP contribution >= 0.6 is 39.3 Å². The molecule has 1 N–H and O–H groups in total. The molecule has 0 bridgehead atoms. The lowest BCUT2D eigenvalue weighted by molar-refractivity contribution is -0.113. The molecule has 0 saturated carbocycles. The third-order valence-corrected chi connectivity index (χ3v) is 5.11. The van der Waals surface area contributed by atoms with Crippen LogP contribution in [0.1, 0.15) is 0 Å². The summed E-state index contributed by atoms with van der Waals surface area (Å²) in [6.07, 6.45) is 0. The first-order chi connectivity index (χ1) is 12.0. The molecular formula is C17H14BrClN4OS. The van der Waals surface area contributed by atoms with E-state index < -0.39 is 0 Å². The Morgan fingerprint density at radius 2 is 2.04 bits per heavy atom. The van der Waals surface area contributed by atoms with Gasteiger partial charge in [-0.25, -0.2) is 0 Å². The quantitative estimate of drug-likeness (QED) is 0.591. The summed E-state index contributed by atoms with van der Waals surface area (Å²) >= 11 is 10.7. The van der Waals surface area contributed by atoms with Gasteiger partial charge in [0.1, 0.15) is 0 Å². The topological polar surface area (TPSA) is 59.8 Å². The molecule has 0 atom stereocenters. The van der Waals surface area contributed by atoms with E-state index in [0.29, 0.717) is 16.0 Å². The third kappa shape index (κ3) is 4.62. The molecule has 0 aliphatic carbocycles. The SMILES string of the molecule is Cn1c(SCC(=O)Nc2cccc(Br)c2)nnc1-c1cccc(Cl)c1. The Morgan fingerprint density at radius 1 is 1.24 bits per heavy atom. The predicted molar refractivity (Wildman–Crippen MR) is 105 cm³/mol. The highest BCUT2D eigenvalue weighted by Gasteiger charge is 2.13. The van der Waals surface area contributed by atoms with E-state index in [1.54, 1.807) is 0 Å². The van der Waals surface area contributed by atoms with Crippen molar-refractivity contribution < 1.29 is 4.79 Å². The summed E-state index contributed by atoms with van der Waals surface area (Å²) in [7, 11) is 1.87. The number of anilines is 1. The van der Waals surface area contributed by atoms with Crippen LogP contribution in [0.25, 0.3) is 11.4 Å². The molecule has 3 aromatic rings. The van der Waals surface area contributed by atoms with Gasteiger partial charge in [0.15, 0.2) is 11.0 Å². The van der Waals surface area contributed by atoms with Crippen LogP contribution in [0.2, 0.25) is 5.02 Å². The van der Waals surface area contributed by atoms with E-state index >= 15 is 0 Å². The zero-order valence-corrected chi connectivity index (χ0v) is 16.4. The van der Waals surface area contributed by atoms with Crippen LogP contribution in [-0.4, -0.2) is 26.4 Å². The maximum Gasteiger partial charge on any atom is 0.234 e. The normalized spacial score (nSPS) is 10.7. The minimum absolute atomic E-state index is 0.101. The Balaban J connectivity index is 1.65. The summed E-state index contributed by atoms with van der Waals surface area (Å²) in [5.41, 5.74) is 1.63. The maximum atomic E-state index is 12.1. The van der Waals surface area contributed by atoms with Gasteiger partial charge in [-0.05, 0) is 30.3 Å². The van der Waals surface area contributed by atoms with Crippen molar-refractivity contribution in [3.05, 3.63) is 58.0 Å². The number of nitrogens with zero attached hydrogens (tertiary/aromatic N) is 3. The second kappa shape index (κ2) is 8.03. The van der Waals surface area contributed by atoms with Crippen molar-refractivity contribution in [2.45, 2.75) is 5.16 Å². The molecule has 1 heterocycles. The van der Waals surface area contributed by atoms with Gasteiger partial charge < -0.3 is 9.88 Å². The van der Waals surface area contributed by atoms with Crippen molar-refractivity contribution in [1.82, 2.24) is 14.8 Å². The Hall–Kier alpha value is -1.83. The summed E-state index contributed by atoms with van der Waals surface area (Å²) < 4.78 is 2.76. The van der Waals surface area contributed by atoms with Gasteiger partial charge in [0.05, 0.1) is 5.75 Å². The molecule has 1 aromatic heterocycles. The Labute approximate surface area is 162 Å². The highest BCUT2D eigenvalue weighted by Crippen LogP contribution is 2.25. The highest BCUT2D eigenvalue weighted by molar-refractivity contribution is 9.10. The molecule has 2 aromatic carbocycles. The lowest BCUT2D eigenvalue weighted by Gasteiger charge is -2.06. The van der Waals surface area contributed by atoms with Crippen LogP contribution in [0, 0.1) is 0 Å². The van der Waals surface area contributed by atoms with Gasteiger partial charge in [-0.1, -0.05) is 57.5 Å². The number of rotatable bonds is 5. The maximum absolute atomic E-state index is 12.1. The zero-order chi connectivity index (χ0) is 17.8. The fourth-order valence-electron chi connectivity index (χ4n) is 2.21. The molecule has 3 rings (SSSR count). The number of amides is 1. The standard InChI is InChI=1S/C17H14BrClN4OS/c1-23-16(11-4-2-6-13(19)8-11)21-22-17(23)25-10-15(24)20-14-7-3-5-12(18)9-14/h2-9H,10H2,1H3,(H,20,24). The van der Waals surface area contributed by atoms with Gasteiger partial charge in [-0.15, -0.1) is 10.2 Å². The molecule has 25 heavy (non-hydrogen) atoms. The van der Waals surface area contributed by atoms with E-state index in [-0.39, 0.29) is 11.7 Å². The monoisotopic (exact) mass is 436 g/mol. The average Bonchev–Trinajstić information content (AvgIpc) is 2.94. The first-order valence-corrected chi connectivity index (χ1v) is 9.52. The number of carbonyl (C=O) groups excluding carboxylic acids is 1. The van der Waals surface area contributed by atoms with Crippen LogP contribution in [0.5, 0.6) is 0 Å². The van der Waals surface area contributed by atoms with E-state index in [1.807, 2.05) is 60.1 Å². The largest absolute Gasteiger partial charge is 0.325 e. The second-order valence-corrected chi connectivity index (χ2v) is 7.52. The molecule has 5 nitrogen and oxygen atoms in total. The molecule has 1 amide bonds. The number of nitrogens with one attached hydrogen (secondary N) is 1. The molecular weight excluding hydrogens is 424 g/mol. The van der Waals surface area contributed by atoms with Gasteiger partial charge in [0.25, 0.3) is 0 Å². The van der Waals surface area contributed by atoms with Crippen LogP contribution in [-0.2, 0) is 11.8 Å². The number of halogens is 2. The summed E-state index contributed by atoms with van der Waals surface area (Å²) in [6, 6.07) is 14.9. The first-order valence-electron chi connectivity index (χ1n) is 7.36. The molecule has 0 saturated heterocycles. The Bertz CT molecular complexity index is 915. The number of hydrogen-bond acceptors (Lipinski definition) is 4. The van der Waals surface area contributed by atoms with E-state index in [9.17, 15) is 4.79 Å². The minimum Gasteiger partial charge on any atom is -0.325 e. The van der Waals surface area contributed by atoms with E-state index in [2.05, 4.69) is 31.4 Å².